The summed E-state index contributed by atoms with van der Waals surface area (Å²) in [5.74, 6) is -0.259. The summed E-state index contributed by atoms with van der Waals surface area (Å²) in [6.07, 6.45) is 0. The lowest BCUT2D eigenvalue weighted by molar-refractivity contribution is 0.101. The molecular weight excluding hydrogens is 296 g/mol. The molecule has 1 amide bonds. The molecule has 0 saturated heterocycles. The van der Waals surface area contributed by atoms with E-state index >= 15 is 0 Å². The Hall–Kier alpha value is -3.34. The highest BCUT2D eigenvalue weighted by molar-refractivity contribution is 6.03. The number of nitrogens with one attached hydrogen (secondary N) is 2. The number of phenolic OH excluding ortho intramolecular Hbond substituents is 1. The third-order valence-corrected chi connectivity index (χ3v) is 3.37. The Kier molecular flexibility index (Phi) is 3.46. The van der Waals surface area contributed by atoms with E-state index in [0.29, 0.717) is 28.8 Å². The van der Waals surface area contributed by atoms with E-state index in [1.807, 2.05) is 19.9 Å². The second kappa shape index (κ2) is 5.46. The number of benzene rings is 1. The van der Waals surface area contributed by atoms with Crippen LogP contribution in [0.3, 0.4) is 0 Å². The Morgan fingerprint density at radius 2 is 2.26 bits per heavy atom. The first-order chi connectivity index (χ1) is 11.0. The molecule has 1 aromatic carbocycles. The second-order valence-electron chi connectivity index (χ2n) is 5.03. The van der Waals surface area contributed by atoms with E-state index in [0.717, 1.165) is 5.69 Å². The molecule has 0 saturated carbocycles. The molecule has 2 heterocycles. The van der Waals surface area contributed by atoms with Gasteiger partial charge in [-0.15, -0.1) is 0 Å². The number of aromatic nitrogens is 4. The van der Waals surface area contributed by atoms with Crippen LogP contribution in [-0.2, 0) is 6.54 Å². The summed E-state index contributed by atoms with van der Waals surface area (Å²) in [4.78, 5) is 19.4. The van der Waals surface area contributed by atoms with Crippen LogP contribution in [0.15, 0.2) is 18.2 Å². The first-order valence-electron chi connectivity index (χ1n) is 7.00. The van der Waals surface area contributed by atoms with E-state index in [4.69, 9.17) is 5.26 Å². The van der Waals surface area contributed by atoms with Crippen LogP contribution < -0.4 is 5.32 Å². The molecule has 116 valence electrons. The molecule has 3 aromatic rings. The number of aromatic hydroxyl groups is 1. The smallest absolute Gasteiger partial charge is 0.276 e. The van der Waals surface area contributed by atoms with Gasteiger partial charge in [-0.25, -0.2) is 4.98 Å². The second-order valence-corrected chi connectivity index (χ2v) is 5.03. The summed E-state index contributed by atoms with van der Waals surface area (Å²) in [5.41, 5.74) is 2.22. The highest BCUT2D eigenvalue weighted by Gasteiger charge is 2.16. The van der Waals surface area contributed by atoms with Crippen molar-refractivity contribution in [2.75, 3.05) is 5.32 Å². The summed E-state index contributed by atoms with van der Waals surface area (Å²) in [6, 6.07) is 6.49. The number of rotatable bonds is 3. The maximum Gasteiger partial charge on any atom is 0.276 e. The van der Waals surface area contributed by atoms with Crippen molar-refractivity contribution in [3.05, 3.63) is 35.2 Å². The zero-order valence-corrected chi connectivity index (χ0v) is 12.6. The zero-order valence-electron chi connectivity index (χ0n) is 12.6. The maximum absolute atomic E-state index is 12.3. The minimum absolute atomic E-state index is 0.0958. The number of nitrogens with zero attached hydrogens (tertiary/aromatic N) is 4. The molecule has 8 nitrogen and oxygen atoms in total. The van der Waals surface area contributed by atoms with Crippen molar-refractivity contribution in [2.45, 2.75) is 20.4 Å². The Labute approximate surface area is 131 Å². The number of carbonyl (C=O) groups is 1. The number of fused-ring (bicyclic) bond motifs is 1. The number of aromatic amines is 1. The molecule has 0 aliphatic heterocycles. The predicted molar refractivity (Wildman–Crippen MR) is 83.1 cm³/mol. The first-order valence-corrected chi connectivity index (χ1v) is 7.00. The molecule has 3 rings (SSSR count). The number of aryl methyl sites for hydroxylation is 2. The molecule has 2 aromatic heterocycles. The van der Waals surface area contributed by atoms with Crippen molar-refractivity contribution in [1.82, 2.24) is 19.7 Å². The zero-order chi connectivity index (χ0) is 16.6. The molecule has 0 aliphatic rings. The molecule has 8 heteroatoms. The van der Waals surface area contributed by atoms with Crippen molar-refractivity contribution in [3.8, 4) is 11.8 Å². The van der Waals surface area contributed by atoms with E-state index in [1.165, 1.54) is 12.1 Å². The Bertz CT molecular complexity index is 947. The lowest BCUT2D eigenvalue weighted by Gasteiger charge is -2.03. The van der Waals surface area contributed by atoms with Crippen LogP contribution in [0, 0.1) is 18.3 Å². The number of anilines is 1. The van der Waals surface area contributed by atoms with Crippen molar-refractivity contribution in [1.29, 1.82) is 5.26 Å². The lowest BCUT2D eigenvalue weighted by Crippen LogP contribution is -2.18. The van der Waals surface area contributed by atoms with Gasteiger partial charge >= 0.3 is 0 Å². The van der Waals surface area contributed by atoms with Gasteiger partial charge in [0.25, 0.3) is 5.91 Å². The van der Waals surface area contributed by atoms with Crippen LogP contribution in [0.25, 0.3) is 11.0 Å². The fourth-order valence-electron chi connectivity index (χ4n) is 2.36. The first kappa shape index (κ1) is 14.6. The van der Waals surface area contributed by atoms with E-state index in [2.05, 4.69) is 20.4 Å². The molecule has 23 heavy (non-hydrogen) atoms. The molecule has 0 spiro atoms. The standard InChI is InChI=1S/C15H14N6O2/c1-3-21-11(4-8(2)20-21)14(23)19-15-17-10-5-9(7-16)6-12(22)13(10)18-15/h4-6,22H,3H2,1-2H3,(H2,17,18,19,23). The molecule has 0 radical (unpaired) electrons. The van der Waals surface area contributed by atoms with Gasteiger partial charge in [0.05, 0.1) is 22.8 Å². The number of amides is 1. The van der Waals surface area contributed by atoms with Gasteiger partial charge in [0.1, 0.15) is 17.0 Å². The van der Waals surface area contributed by atoms with Crippen molar-refractivity contribution >= 4 is 22.9 Å². The van der Waals surface area contributed by atoms with E-state index in [9.17, 15) is 9.90 Å². The van der Waals surface area contributed by atoms with Gasteiger partial charge < -0.3 is 10.1 Å². The third-order valence-electron chi connectivity index (χ3n) is 3.37. The average molecular weight is 310 g/mol. The Morgan fingerprint density at radius 1 is 1.48 bits per heavy atom. The van der Waals surface area contributed by atoms with Gasteiger partial charge in [-0.2, -0.15) is 10.4 Å². The van der Waals surface area contributed by atoms with E-state index in [-0.39, 0.29) is 17.6 Å². The van der Waals surface area contributed by atoms with Crippen molar-refractivity contribution in [3.63, 3.8) is 0 Å². The topological polar surface area (TPSA) is 120 Å². The number of hydrogen-bond donors (Lipinski definition) is 3. The Morgan fingerprint density at radius 3 is 2.96 bits per heavy atom. The van der Waals surface area contributed by atoms with Crippen LogP contribution in [0.2, 0.25) is 0 Å². The molecule has 0 atom stereocenters. The Balaban J connectivity index is 1.94. The fraction of sp³-hybridized carbons (Fsp3) is 0.200. The molecule has 0 aliphatic carbocycles. The van der Waals surface area contributed by atoms with Gasteiger partial charge in [0.2, 0.25) is 5.95 Å². The number of imidazole rings is 1. The minimum Gasteiger partial charge on any atom is -0.506 e. The molecular formula is C15H14N6O2. The van der Waals surface area contributed by atoms with Crippen LogP contribution in [0.4, 0.5) is 5.95 Å². The minimum atomic E-state index is -0.355. The fourth-order valence-corrected chi connectivity index (χ4v) is 2.36. The molecule has 3 N–H and O–H groups in total. The van der Waals surface area contributed by atoms with Crippen molar-refractivity contribution in [2.24, 2.45) is 0 Å². The van der Waals surface area contributed by atoms with Gasteiger partial charge in [-0.05, 0) is 32.0 Å². The van der Waals surface area contributed by atoms with Gasteiger partial charge in [0, 0.05) is 6.54 Å². The maximum atomic E-state index is 12.3. The summed E-state index contributed by atoms with van der Waals surface area (Å²) in [6.45, 7) is 4.28. The third kappa shape index (κ3) is 2.60. The largest absolute Gasteiger partial charge is 0.506 e. The highest BCUT2D eigenvalue weighted by atomic mass is 16.3. The quantitative estimate of drug-likeness (QED) is 0.682. The van der Waals surface area contributed by atoms with Crippen LogP contribution in [0.1, 0.15) is 28.7 Å². The van der Waals surface area contributed by atoms with Gasteiger partial charge in [-0.3, -0.25) is 14.8 Å². The summed E-state index contributed by atoms with van der Waals surface area (Å²) >= 11 is 0. The van der Waals surface area contributed by atoms with Crippen LogP contribution >= 0.6 is 0 Å². The van der Waals surface area contributed by atoms with Gasteiger partial charge in [-0.1, -0.05) is 0 Å². The molecule has 0 fully saturated rings. The summed E-state index contributed by atoms with van der Waals surface area (Å²) < 4.78 is 1.60. The summed E-state index contributed by atoms with van der Waals surface area (Å²) in [7, 11) is 0. The number of hydrogen-bond acceptors (Lipinski definition) is 5. The van der Waals surface area contributed by atoms with Crippen LogP contribution in [-0.4, -0.2) is 30.8 Å². The average Bonchev–Trinajstić information content (AvgIpc) is 3.10. The van der Waals surface area contributed by atoms with Gasteiger partial charge in [0.15, 0.2) is 0 Å². The normalized spacial score (nSPS) is 10.7. The number of carbonyl (C=O) groups excluding carboxylic acids is 1. The number of nitriles is 1. The summed E-state index contributed by atoms with van der Waals surface area (Å²) in [5, 5.41) is 25.6. The van der Waals surface area contributed by atoms with E-state index in [1.54, 1.807) is 10.7 Å². The van der Waals surface area contributed by atoms with E-state index < -0.39 is 0 Å². The SMILES string of the molecule is CCn1nc(C)cc1C(=O)Nc1nc2cc(C#N)cc(O)c2[nH]1. The molecule has 0 bridgehead atoms. The predicted octanol–water partition coefficient (Wildman–Crippen LogP) is 1.92. The van der Waals surface area contributed by atoms with Crippen LogP contribution in [0.5, 0.6) is 5.75 Å². The number of H-pyrrole nitrogens is 1. The molecule has 0 unspecified atom stereocenters. The van der Waals surface area contributed by atoms with Crippen molar-refractivity contribution < 1.29 is 9.90 Å². The monoisotopic (exact) mass is 310 g/mol. The number of phenols is 1. The lowest BCUT2D eigenvalue weighted by atomic mass is 10.2. The highest BCUT2D eigenvalue weighted by Crippen LogP contribution is 2.25.